The fourth-order valence-electron chi connectivity index (χ4n) is 7.40. The smallest absolute Gasteiger partial charge is 0.306 e. The van der Waals surface area contributed by atoms with E-state index in [1.807, 2.05) is 24.3 Å². The van der Waals surface area contributed by atoms with Gasteiger partial charge in [0.25, 0.3) is 0 Å². The molecule has 0 bridgehead atoms. The Hall–Kier alpha value is -3.41. The molecule has 0 saturated carbocycles. The van der Waals surface area contributed by atoms with E-state index in [1.54, 1.807) is 0 Å². The maximum atomic E-state index is 12.8. The first-order chi connectivity index (χ1) is 32.0. The quantitative estimate of drug-likeness (QED) is 0.0262. The summed E-state index contributed by atoms with van der Waals surface area (Å²) in [6.45, 7) is 6.51. The zero-order valence-electron chi connectivity index (χ0n) is 42.5. The van der Waals surface area contributed by atoms with Crippen molar-refractivity contribution in [2.24, 2.45) is 0 Å². The lowest BCUT2D eigenvalue weighted by Crippen LogP contribution is -2.30. The van der Waals surface area contributed by atoms with Gasteiger partial charge in [-0.1, -0.05) is 254 Å². The van der Waals surface area contributed by atoms with Crippen LogP contribution in [0.4, 0.5) is 0 Å². The van der Waals surface area contributed by atoms with Crippen molar-refractivity contribution in [1.82, 2.24) is 0 Å². The maximum absolute atomic E-state index is 12.8. The number of hydrogen-bond donors (Lipinski definition) is 0. The molecule has 372 valence electrons. The molecule has 0 amide bonds. The SMILES string of the molecule is CCC\C=C/C=C\C=C/C=C\C=C/CCCCCCCC(=O)OCC(COC(=O)CCCCCCCCCCCCCCC)OC(=O)CCCCC/C=C\C=C/CCCCCCCCC. The summed E-state index contributed by atoms with van der Waals surface area (Å²) in [6.07, 6.45) is 68.4. The van der Waals surface area contributed by atoms with E-state index >= 15 is 0 Å². The molecule has 0 fully saturated rings. The lowest BCUT2D eigenvalue weighted by Gasteiger charge is -2.18. The molecule has 0 aromatic heterocycles. The van der Waals surface area contributed by atoms with Gasteiger partial charge in [0, 0.05) is 19.3 Å². The van der Waals surface area contributed by atoms with Gasteiger partial charge in [-0.3, -0.25) is 14.4 Å². The van der Waals surface area contributed by atoms with Crippen LogP contribution in [0.5, 0.6) is 0 Å². The summed E-state index contributed by atoms with van der Waals surface area (Å²) >= 11 is 0. The van der Waals surface area contributed by atoms with E-state index in [4.69, 9.17) is 14.2 Å². The van der Waals surface area contributed by atoms with Gasteiger partial charge in [-0.05, 0) is 64.2 Å². The minimum Gasteiger partial charge on any atom is -0.462 e. The first kappa shape index (κ1) is 61.6. The normalized spacial score (nSPS) is 12.7. The lowest BCUT2D eigenvalue weighted by atomic mass is 10.0. The summed E-state index contributed by atoms with van der Waals surface area (Å²) in [6, 6.07) is 0. The van der Waals surface area contributed by atoms with Crippen molar-refractivity contribution in [2.45, 2.75) is 258 Å². The highest BCUT2D eigenvalue weighted by Gasteiger charge is 2.19. The second-order valence-electron chi connectivity index (χ2n) is 17.9. The Kier molecular flexibility index (Phi) is 50.4. The van der Waals surface area contributed by atoms with Crippen LogP contribution in [0, 0.1) is 0 Å². The highest BCUT2D eigenvalue weighted by atomic mass is 16.6. The van der Waals surface area contributed by atoms with E-state index in [-0.39, 0.29) is 31.1 Å². The highest BCUT2D eigenvalue weighted by molar-refractivity contribution is 5.71. The molecule has 0 aromatic rings. The topological polar surface area (TPSA) is 78.9 Å². The van der Waals surface area contributed by atoms with Crippen LogP contribution >= 0.6 is 0 Å². The van der Waals surface area contributed by atoms with Gasteiger partial charge >= 0.3 is 17.9 Å². The fraction of sp³-hybridized carbons (Fsp3) is 0.712. The molecule has 0 N–H and O–H groups in total. The van der Waals surface area contributed by atoms with Gasteiger partial charge in [-0.25, -0.2) is 0 Å². The molecule has 0 aliphatic carbocycles. The van der Waals surface area contributed by atoms with Gasteiger partial charge in [-0.15, -0.1) is 0 Å². The summed E-state index contributed by atoms with van der Waals surface area (Å²) < 4.78 is 16.8. The van der Waals surface area contributed by atoms with Crippen LogP contribution in [0.15, 0.2) is 85.1 Å². The summed E-state index contributed by atoms with van der Waals surface area (Å²) in [5.74, 6) is -0.944. The number of unbranched alkanes of at least 4 members (excludes halogenated alkanes) is 28. The number of hydrogen-bond acceptors (Lipinski definition) is 6. The molecule has 0 heterocycles. The van der Waals surface area contributed by atoms with Crippen LogP contribution in [0.1, 0.15) is 252 Å². The van der Waals surface area contributed by atoms with Gasteiger partial charge in [0.05, 0.1) is 0 Å². The van der Waals surface area contributed by atoms with E-state index in [0.717, 1.165) is 96.3 Å². The molecule has 1 atom stereocenters. The fourth-order valence-corrected chi connectivity index (χ4v) is 7.40. The van der Waals surface area contributed by atoms with Crippen molar-refractivity contribution in [1.29, 1.82) is 0 Å². The number of esters is 3. The molecule has 65 heavy (non-hydrogen) atoms. The van der Waals surface area contributed by atoms with Crippen molar-refractivity contribution in [3.8, 4) is 0 Å². The van der Waals surface area contributed by atoms with Crippen molar-refractivity contribution in [3.05, 3.63) is 85.1 Å². The Labute approximate surface area is 401 Å². The van der Waals surface area contributed by atoms with E-state index in [9.17, 15) is 14.4 Å². The maximum Gasteiger partial charge on any atom is 0.306 e. The highest BCUT2D eigenvalue weighted by Crippen LogP contribution is 2.15. The first-order valence-corrected chi connectivity index (χ1v) is 27.2. The lowest BCUT2D eigenvalue weighted by molar-refractivity contribution is -0.167. The Morgan fingerprint density at radius 2 is 0.585 bits per heavy atom. The van der Waals surface area contributed by atoms with Gasteiger partial charge in [-0.2, -0.15) is 0 Å². The molecule has 0 spiro atoms. The third-order valence-corrected chi connectivity index (χ3v) is 11.5. The van der Waals surface area contributed by atoms with Crippen molar-refractivity contribution in [3.63, 3.8) is 0 Å². The van der Waals surface area contributed by atoms with Gasteiger partial charge in [0.2, 0.25) is 0 Å². The third kappa shape index (κ3) is 51.4. The molecule has 0 aliphatic heterocycles. The summed E-state index contributed by atoms with van der Waals surface area (Å²) in [5, 5.41) is 0. The van der Waals surface area contributed by atoms with Crippen LogP contribution in [-0.2, 0) is 28.6 Å². The first-order valence-electron chi connectivity index (χ1n) is 27.2. The molecular formula is C59H100O6. The van der Waals surface area contributed by atoms with Gasteiger partial charge in [0.15, 0.2) is 6.10 Å². The standard InChI is InChI=1S/C59H100O6/c1-4-7-10-13-16-19-22-25-27-29-30-32-34-37-40-43-46-49-52-58(61)64-55-56(54-63-57(60)51-48-45-42-39-36-33-24-21-18-15-12-9-6-3)65-59(62)53-50-47-44-41-38-35-31-28-26-23-20-17-14-11-8-5-2/h10,13,16,19,22,25,27-32,35,38,56H,4-9,11-12,14-15,17-18,20-21,23-24,26,33-34,36-37,39-55H2,1-3H3/b13-10-,19-16-,25-22-,29-27-,31-28-,32-30-,38-35-. The van der Waals surface area contributed by atoms with Crippen LogP contribution in [0.3, 0.4) is 0 Å². The molecule has 0 radical (unpaired) electrons. The van der Waals surface area contributed by atoms with Crippen LogP contribution < -0.4 is 0 Å². The molecule has 6 heteroatoms. The monoisotopic (exact) mass is 905 g/mol. The minimum atomic E-state index is -0.800. The second-order valence-corrected chi connectivity index (χ2v) is 17.9. The predicted molar refractivity (Wildman–Crippen MR) is 279 cm³/mol. The molecule has 6 nitrogen and oxygen atoms in total. The second kappa shape index (κ2) is 53.2. The largest absolute Gasteiger partial charge is 0.462 e. The number of allylic oxidation sites excluding steroid dienone is 14. The van der Waals surface area contributed by atoms with Crippen LogP contribution in [0.2, 0.25) is 0 Å². The van der Waals surface area contributed by atoms with Crippen molar-refractivity contribution >= 4 is 17.9 Å². The van der Waals surface area contributed by atoms with Crippen molar-refractivity contribution < 1.29 is 28.6 Å². The molecule has 0 aromatic carbocycles. The molecule has 0 saturated heterocycles. The van der Waals surface area contributed by atoms with Crippen LogP contribution in [-0.4, -0.2) is 37.2 Å². The van der Waals surface area contributed by atoms with Gasteiger partial charge < -0.3 is 14.2 Å². The summed E-state index contributed by atoms with van der Waals surface area (Å²) in [5.41, 5.74) is 0. The summed E-state index contributed by atoms with van der Waals surface area (Å²) in [4.78, 5) is 38.0. The van der Waals surface area contributed by atoms with E-state index in [1.165, 1.54) is 116 Å². The van der Waals surface area contributed by atoms with Crippen molar-refractivity contribution in [2.75, 3.05) is 13.2 Å². The number of carbonyl (C=O) groups excluding carboxylic acids is 3. The molecule has 1 unspecified atom stereocenters. The Morgan fingerprint density at radius 3 is 0.954 bits per heavy atom. The number of carbonyl (C=O) groups is 3. The predicted octanol–water partition coefficient (Wildman–Crippen LogP) is 18.0. The molecule has 0 rings (SSSR count). The minimum absolute atomic E-state index is 0.0944. The van der Waals surface area contributed by atoms with Gasteiger partial charge in [0.1, 0.15) is 13.2 Å². The average Bonchev–Trinajstić information content (AvgIpc) is 3.30. The third-order valence-electron chi connectivity index (χ3n) is 11.5. The van der Waals surface area contributed by atoms with E-state index in [0.29, 0.717) is 19.3 Å². The zero-order chi connectivity index (χ0) is 47.2. The Morgan fingerprint density at radius 1 is 0.308 bits per heavy atom. The molecular weight excluding hydrogens is 805 g/mol. The number of ether oxygens (including phenoxy) is 3. The Balaban J connectivity index is 4.48. The van der Waals surface area contributed by atoms with E-state index < -0.39 is 6.10 Å². The average molecular weight is 905 g/mol. The summed E-state index contributed by atoms with van der Waals surface area (Å²) in [7, 11) is 0. The van der Waals surface area contributed by atoms with Crippen LogP contribution in [0.25, 0.3) is 0 Å². The molecule has 0 aliphatic rings. The van der Waals surface area contributed by atoms with E-state index in [2.05, 4.69) is 81.5 Å². The Bertz CT molecular complexity index is 1270. The number of rotatable bonds is 48. The zero-order valence-corrected chi connectivity index (χ0v) is 42.5.